The number of hydrogen-bond donors (Lipinski definition) is 2. The Labute approximate surface area is 72.1 Å². The van der Waals surface area contributed by atoms with Gasteiger partial charge in [0.05, 0.1) is 11.1 Å². The van der Waals surface area contributed by atoms with E-state index in [4.69, 9.17) is 10.2 Å². The van der Waals surface area contributed by atoms with E-state index in [1.165, 1.54) is 12.4 Å². The molecule has 0 aliphatic carbocycles. The second kappa shape index (κ2) is 3.75. The SMILES string of the molecule is OCC(O)c1ncc(Br)cn1. The molecule has 2 N–H and O–H groups in total. The maximum atomic E-state index is 9.03. The van der Waals surface area contributed by atoms with E-state index in [2.05, 4.69) is 25.9 Å². The molecule has 0 aliphatic rings. The molecule has 0 saturated heterocycles. The first-order chi connectivity index (χ1) is 5.24. The van der Waals surface area contributed by atoms with Crippen molar-refractivity contribution in [1.82, 2.24) is 9.97 Å². The van der Waals surface area contributed by atoms with Gasteiger partial charge in [-0.05, 0) is 15.9 Å². The molecule has 0 spiro atoms. The summed E-state index contributed by atoms with van der Waals surface area (Å²) >= 11 is 3.15. The Kier molecular flexibility index (Phi) is 2.92. The van der Waals surface area contributed by atoms with Gasteiger partial charge in [-0.15, -0.1) is 0 Å². The molecule has 1 aromatic rings. The zero-order valence-corrected chi connectivity index (χ0v) is 7.19. The summed E-state index contributed by atoms with van der Waals surface area (Å²) in [7, 11) is 0. The molecule has 1 rings (SSSR count). The van der Waals surface area contributed by atoms with Gasteiger partial charge in [-0.2, -0.15) is 0 Å². The number of rotatable bonds is 2. The van der Waals surface area contributed by atoms with Crippen molar-refractivity contribution in [3.05, 3.63) is 22.7 Å². The Balaban J connectivity index is 2.81. The third-order valence-corrected chi connectivity index (χ3v) is 1.52. The van der Waals surface area contributed by atoms with Crippen LogP contribution in [0.25, 0.3) is 0 Å². The van der Waals surface area contributed by atoms with E-state index in [0.29, 0.717) is 0 Å². The molecule has 1 heterocycles. The van der Waals surface area contributed by atoms with Gasteiger partial charge in [-0.25, -0.2) is 9.97 Å². The van der Waals surface area contributed by atoms with Crippen LogP contribution in [0, 0.1) is 0 Å². The number of hydrogen-bond acceptors (Lipinski definition) is 4. The standard InChI is InChI=1S/C6H7BrN2O2/c7-4-1-8-6(9-2-4)5(11)3-10/h1-2,5,10-11H,3H2. The van der Waals surface area contributed by atoms with Crippen molar-refractivity contribution in [3.8, 4) is 0 Å². The lowest BCUT2D eigenvalue weighted by Gasteiger charge is -2.03. The summed E-state index contributed by atoms with van der Waals surface area (Å²) in [6, 6.07) is 0. The Hall–Kier alpha value is -0.520. The van der Waals surface area contributed by atoms with Crippen LogP contribution in [0.2, 0.25) is 0 Å². The van der Waals surface area contributed by atoms with E-state index in [1.807, 2.05) is 0 Å². The fourth-order valence-corrected chi connectivity index (χ4v) is 0.781. The predicted octanol–water partition coefficient (Wildman–Crippen LogP) is 0.265. The lowest BCUT2D eigenvalue weighted by Crippen LogP contribution is -2.06. The third-order valence-electron chi connectivity index (χ3n) is 1.11. The largest absolute Gasteiger partial charge is 0.393 e. The summed E-state index contributed by atoms with van der Waals surface area (Å²) in [5.41, 5.74) is 0. The number of halogens is 1. The molecule has 0 aromatic carbocycles. The van der Waals surface area contributed by atoms with Gasteiger partial charge in [0.2, 0.25) is 0 Å². The van der Waals surface area contributed by atoms with E-state index in [9.17, 15) is 0 Å². The van der Waals surface area contributed by atoms with E-state index in [1.54, 1.807) is 0 Å². The Bertz CT molecular complexity index is 227. The van der Waals surface area contributed by atoms with E-state index in [0.717, 1.165) is 4.47 Å². The number of aromatic nitrogens is 2. The van der Waals surface area contributed by atoms with Crippen LogP contribution in [0.5, 0.6) is 0 Å². The highest BCUT2D eigenvalue weighted by molar-refractivity contribution is 9.10. The second-order valence-electron chi connectivity index (χ2n) is 1.96. The van der Waals surface area contributed by atoms with Gasteiger partial charge >= 0.3 is 0 Å². The average Bonchev–Trinajstić information content (AvgIpc) is 2.05. The Morgan fingerprint density at radius 3 is 2.45 bits per heavy atom. The van der Waals surface area contributed by atoms with Crippen LogP contribution >= 0.6 is 15.9 Å². The zero-order chi connectivity index (χ0) is 8.27. The monoisotopic (exact) mass is 218 g/mol. The van der Waals surface area contributed by atoms with Crippen LogP contribution in [-0.4, -0.2) is 26.8 Å². The summed E-state index contributed by atoms with van der Waals surface area (Å²) in [6.07, 6.45) is 2.05. The van der Waals surface area contributed by atoms with E-state index < -0.39 is 6.10 Å². The molecule has 0 amide bonds. The molecule has 5 heteroatoms. The van der Waals surface area contributed by atoms with Crippen LogP contribution in [0.1, 0.15) is 11.9 Å². The molecule has 1 unspecified atom stereocenters. The highest BCUT2D eigenvalue weighted by Gasteiger charge is 2.07. The lowest BCUT2D eigenvalue weighted by atomic mass is 10.3. The van der Waals surface area contributed by atoms with Crippen molar-refractivity contribution >= 4 is 15.9 Å². The van der Waals surface area contributed by atoms with Crippen molar-refractivity contribution in [2.75, 3.05) is 6.61 Å². The average molecular weight is 219 g/mol. The number of nitrogens with zero attached hydrogens (tertiary/aromatic N) is 2. The summed E-state index contributed by atoms with van der Waals surface area (Å²) < 4.78 is 0.742. The summed E-state index contributed by atoms with van der Waals surface area (Å²) in [5.74, 6) is 0.232. The van der Waals surface area contributed by atoms with Crippen molar-refractivity contribution < 1.29 is 10.2 Å². The maximum absolute atomic E-state index is 9.03. The summed E-state index contributed by atoms with van der Waals surface area (Å²) in [6.45, 7) is -0.359. The fourth-order valence-electron chi connectivity index (χ4n) is 0.576. The van der Waals surface area contributed by atoms with Crippen molar-refractivity contribution in [3.63, 3.8) is 0 Å². The van der Waals surface area contributed by atoms with Gasteiger partial charge in [0.1, 0.15) is 6.10 Å². The second-order valence-corrected chi connectivity index (χ2v) is 2.87. The van der Waals surface area contributed by atoms with Crippen LogP contribution in [0.15, 0.2) is 16.9 Å². The maximum Gasteiger partial charge on any atom is 0.159 e. The minimum atomic E-state index is -0.983. The smallest absolute Gasteiger partial charge is 0.159 e. The molecule has 4 nitrogen and oxygen atoms in total. The normalized spacial score (nSPS) is 13.0. The van der Waals surface area contributed by atoms with E-state index >= 15 is 0 Å². The fraction of sp³-hybridized carbons (Fsp3) is 0.333. The van der Waals surface area contributed by atoms with Crippen molar-refractivity contribution in [2.24, 2.45) is 0 Å². The van der Waals surface area contributed by atoms with Crippen molar-refractivity contribution in [1.29, 1.82) is 0 Å². The Morgan fingerprint density at radius 2 is 2.00 bits per heavy atom. The van der Waals surface area contributed by atoms with Gasteiger partial charge in [0, 0.05) is 12.4 Å². The molecule has 60 valence electrons. The minimum Gasteiger partial charge on any atom is -0.393 e. The molecule has 0 saturated carbocycles. The first-order valence-corrected chi connectivity index (χ1v) is 3.79. The summed E-state index contributed by atoms with van der Waals surface area (Å²) in [4.78, 5) is 7.56. The first kappa shape index (κ1) is 8.58. The molecular formula is C6H7BrN2O2. The molecule has 0 fully saturated rings. The number of aliphatic hydroxyl groups excluding tert-OH is 2. The quantitative estimate of drug-likeness (QED) is 0.748. The molecule has 11 heavy (non-hydrogen) atoms. The molecule has 0 radical (unpaired) electrons. The molecule has 1 atom stereocenters. The van der Waals surface area contributed by atoms with Gasteiger partial charge in [-0.1, -0.05) is 0 Å². The van der Waals surface area contributed by atoms with Gasteiger partial charge < -0.3 is 10.2 Å². The molecule has 0 bridgehead atoms. The minimum absolute atomic E-state index is 0.232. The Morgan fingerprint density at radius 1 is 1.45 bits per heavy atom. The highest BCUT2D eigenvalue weighted by atomic mass is 79.9. The predicted molar refractivity (Wildman–Crippen MR) is 41.8 cm³/mol. The van der Waals surface area contributed by atoms with Crippen LogP contribution in [0.4, 0.5) is 0 Å². The van der Waals surface area contributed by atoms with Crippen LogP contribution < -0.4 is 0 Å². The molecular weight excluding hydrogens is 212 g/mol. The van der Waals surface area contributed by atoms with Crippen LogP contribution in [-0.2, 0) is 0 Å². The topological polar surface area (TPSA) is 66.2 Å². The summed E-state index contributed by atoms with van der Waals surface area (Å²) in [5, 5.41) is 17.5. The molecule has 0 aliphatic heterocycles. The van der Waals surface area contributed by atoms with Gasteiger partial charge in [0.15, 0.2) is 5.82 Å². The lowest BCUT2D eigenvalue weighted by molar-refractivity contribution is 0.0885. The van der Waals surface area contributed by atoms with Gasteiger partial charge in [0.25, 0.3) is 0 Å². The molecule has 1 aromatic heterocycles. The first-order valence-electron chi connectivity index (χ1n) is 3.00. The zero-order valence-electron chi connectivity index (χ0n) is 5.61. The highest BCUT2D eigenvalue weighted by Crippen LogP contribution is 2.09. The van der Waals surface area contributed by atoms with Gasteiger partial charge in [-0.3, -0.25) is 0 Å². The van der Waals surface area contributed by atoms with Crippen molar-refractivity contribution in [2.45, 2.75) is 6.10 Å². The third kappa shape index (κ3) is 2.21. The van der Waals surface area contributed by atoms with E-state index in [-0.39, 0.29) is 12.4 Å². The van der Waals surface area contributed by atoms with Crippen LogP contribution in [0.3, 0.4) is 0 Å². The number of aliphatic hydroxyl groups is 2.